The summed E-state index contributed by atoms with van der Waals surface area (Å²) in [7, 11) is 0. The number of non-ortho nitro benzene ring substituents is 1. The summed E-state index contributed by atoms with van der Waals surface area (Å²) < 4.78 is 5.27. The Labute approximate surface area is 164 Å². The number of nitro benzene ring substituents is 2. The minimum Gasteiger partial charge on any atom is -0.378 e. The van der Waals surface area contributed by atoms with E-state index >= 15 is 0 Å². The van der Waals surface area contributed by atoms with E-state index in [0.29, 0.717) is 37.6 Å². The van der Waals surface area contributed by atoms with E-state index in [1.165, 1.54) is 36.5 Å². The molecule has 11 nitrogen and oxygen atoms in total. The number of rotatable bonds is 6. The number of nitrogens with one attached hydrogen (secondary N) is 1. The van der Waals surface area contributed by atoms with Crippen LogP contribution in [0.5, 0.6) is 0 Å². The van der Waals surface area contributed by atoms with Crippen molar-refractivity contribution in [3.05, 3.63) is 73.8 Å². The number of anilines is 1. The zero-order valence-corrected chi connectivity index (χ0v) is 15.2. The van der Waals surface area contributed by atoms with E-state index in [0.717, 1.165) is 0 Å². The molecule has 1 fully saturated rings. The standard InChI is InChI=1S/C18H17N5O6/c24-18(14-2-4-15(5-3-14)22(25)26)20-19-12-13-1-6-16(17(11-13)23(27)28)21-7-9-29-10-8-21/h1-6,11-12H,7-10H2,(H,20,24)/b19-12+. The van der Waals surface area contributed by atoms with Gasteiger partial charge in [-0.25, -0.2) is 5.43 Å². The lowest BCUT2D eigenvalue weighted by Gasteiger charge is -2.28. The average molecular weight is 399 g/mol. The molecule has 0 spiro atoms. The van der Waals surface area contributed by atoms with Crippen LogP contribution < -0.4 is 10.3 Å². The second-order valence-electron chi connectivity index (χ2n) is 6.11. The number of carbonyl (C=O) groups excluding carboxylic acids is 1. The van der Waals surface area contributed by atoms with Crippen molar-refractivity contribution in [3.8, 4) is 0 Å². The van der Waals surface area contributed by atoms with E-state index in [4.69, 9.17) is 4.74 Å². The summed E-state index contributed by atoms with van der Waals surface area (Å²) in [5, 5.41) is 25.9. The Bertz CT molecular complexity index is 954. The number of hydrogen-bond donors (Lipinski definition) is 1. The Kier molecular flexibility index (Phi) is 6.09. The van der Waals surface area contributed by atoms with E-state index in [-0.39, 0.29) is 16.9 Å². The SMILES string of the molecule is O=C(N/N=C/c1ccc(N2CCOCC2)c([N+](=O)[O-])c1)c1ccc([N+](=O)[O-])cc1. The summed E-state index contributed by atoms with van der Waals surface area (Å²) in [5.74, 6) is -0.560. The van der Waals surface area contributed by atoms with Crippen molar-refractivity contribution in [2.45, 2.75) is 0 Å². The second kappa shape index (κ2) is 8.89. The van der Waals surface area contributed by atoms with Gasteiger partial charge in [-0.3, -0.25) is 25.0 Å². The van der Waals surface area contributed by atoms with Gasteiger partial charge in [-0.1, -0.05) is 6.07 Å². The third-order valence-corrected chi connectivity index (χ3v) is 4.27. The van der Waals surface area contributed by atoms with Gasteiger partial charge in [0.25, 0.3) is 17.3 Å². The minimum atomic E-state index is -0.562. The molecule has 0 unspecified atom stereocenters. The maximum atomic E-state index is 12.0. The van der Waals surface area contributed by atoms with Gasteiger partial charge in [0.05, 0.1) is 29.3 Å². The normalized spacial score (nSPS) is 14.0. The summed E-state index contributed by atoms with van der Waals surface area (Å²) in [6.07, 6.45) is 1.29. The highest BCUT2D eigenvalue weighted by atomic mass is 16.6. The van der Waals surface area contributed by atoms with Crippen LogP contribution in [0.25, 0.3) is 0 Å². The molecule has 0 bridgehead atoms. The number of carbonyl (C=O) groups is 1. The molecule has 1 aliphatic heterocycles. The monoisotopic (exact) mass is 399 g/mol. The van der Waals surface area contributed by atoms with Crippen molar-refractivity contribution in [2.75, 3.05) is 31.2 Å². The molecule has 1 saturated heterocycles. The van der Waals surface area contributed by atoms with Gasteiger partial charge in [0, 0.05) is 42.4 Å². The summed E-state index contributed by atoms with van der Waals surface area (Å²) >= 11 is 0. The molecule has 0 radical (unpaired) electrons. The number of nitro groups is 2. The van der Waals surface area contributed by atoms with Crippen LogP contribution >= 0.6 is 0 Å². The Morgan fingerprint density at radius 3 is 2.38 bits per heavy atom. The number of benzene rings is 2. The fourth-order valence-electron chi connectivity index (χ4n) is 2.80. The molecule has 2 aromatic rings. The molecule has 0 aliphatic carbocycles. The highest BCUT2D eigenvalue weighted by Gasteiger charge is 2.21. The van der Waals surface area contributed by atoms with E-state index in [2.05, 4.69) is 10.5 Å². The molecular formula is C18H17N5O6. The Hall–Kier alpha value is -3.86. The van der Waals surface area contributed by atoms with E-state index in [1.54, 1.807) is 12.1 Å². The molecule has 1 aliphatic rings. The molecule has 0 atom stereocenters. The van der Waals surface area contributed by atoms with Crippen molar-refractivity contribution < 1.29 is 19.4 Å². The topological polar surface area (TPSA) is 140 Å². The molecule has 0 aromatic heterocycles. The summed E-state index contributed by atoms with van der Waals surface area (Å²) in [5.41, 5.74) is 3.24. The number of ether oxygens (including phenoxy) is 1. The van der Waals surface area contributed by atoms with Gasteiger partial charge in [-0.15, -0.1) is 0 Å². The highest BCUT2D eigenvalue weighted by Crippen LogP contribution is 2.29. The fourth-order valence-corrected chi connectivity index (χ4v) is 2.80. The average Bonchev–Trinajstić information content (AvgIpc) is 2.74. The molecule has 0 saturated carbocycles. The van der Waals surface area contributed by atoms with Crippen molar-refractivity contribution in [2.24, 2.45) is 5.10 Å². The van der Waals surface area contributed by atoms with Crippen molar-refractivity contribution >= 4 is 29.2 Å². The van der Waals surface area contributed by atoms with Crippen molar-refractivity contribution in [3.63, 3.8) is 0 Å². The third-order valence-electron chi connectivity index (χ3n) is 4.27. The Morgan fingerprint density at radius 1 is 1.07 bits per heavy atom. The van der Waals surface area contributed by atoms with Gasteiger partial charge < -0.3 is 9.64 Å². The number of hydrogen-bond acceptors (Lipinski definition) is 8. The first-order chi connectivity index (χ1) is 14.0. The minimum absolute atomic E-state index is 0.0578. The van der Waals surface area contributed by atoms with Gasteiger partial charge in [0.15, 0.2) is 0 Å². The molecule has 150 valence electrons. The maximum absolute atomic E-state index is 12.0. The Morgan fingerprint density at radius 2 is 1.76 bits per heavy atom. The lowest BCUT2D eigenvalue weighted by atomic mass is 10.1. The predicted molar refractivity (Wildman–Crippen MR) is 104 cm³/mol. The lowest BCUT2D eigenvalue weighted by molar-refractivity contribution is -0.384. The van der Waals surface area contributed by atoms with Crippen molar-refractivity contribution in [1.29, 1.82) is 0 Å². The first kappa shape index (κ1) is 19.9. The van der Waals surface area contributed by atoms with Gasteiger partial charge in [-0.2, -0.15) is 5.10 Å². The molecule has 1 amide bonds. The molecule has 3 rings (SSSR count). The van der Waals surface area contributed by atoms with Crippen LogP contribution in [0.4, 0.5) is 17.1 Å². The van der Waals surface area contributed by atoms with E-state index in [1.807, 2.05) is 4.90 Å². The van der Waals surface area contributed by atoms with Crippen LogP contribution in [0.2, 0.25) is 0 Å². The molecule has 29 heavy (non-hydrogen) atoms. The smallest absolute Gasteiger partial charge is 0.293 e. The summed E-state index contributed by atoms with van der Waals surface area (Å²) in [6.45, 7) is 2.16. The first-order valence-electron chi connectivity index (χ1n) is 8.64. The van der Waals surface area contributed by atoms with Gasteiger partial charge in [-0.05, 0) is 18.2 Å². The van der Waals surface area contributed by atoms with Crippen molar-refractivity contribution in [1.82, 2.24) is 5.43 Å². The van der Waals surface area contributed by atoms with E-state index < -0.39 is 15.8 Å². The number of morpholine rings is 1. The number of amides is 1. The largest absolute Gasteiger partial charge is 0.378 e. The van der Waals surface area contributed by atoms with E-state index in [9.17, 15) is 25.0 Å². The van der Waals surface area contributed by atoms with Gasteiger partial charge in [0.2, 0.25) is 0 Å². The molecule has 2 aromatic carbocycles. The van der Waals surface area contributed by atoms with Crippen LogP contribution in [0, 0.1) is 20.2 Å². The molecule has 11 heteroatoms. The highest BCUT2D eigenvalue weighted by molar-refractivity contribution is 5.95. The van der Waals surface area contributed by atoms with Crippen LogP contribution in [0.3, 0.4) is 0 Å². The maximum Gasteiger partial charge on any atom is 0.293 e. The number of nitrogens with zero attached hydrogens (tertiary/aromatic N) is 4. The quantitative estimate of drug-likeness (QED) is 0.445. The molecular weight excluding hydrogens is 382 g/mol. The van der Waals surface area contributed by atoms with Gasteiger partial charge >= 0.3 is 0 Å². The zero-order chi connectivity index (χ0) is 20.8. The predicted octanol–water partition coefficient (Wildman–Crippen LogP) is 2.10. The summed E-state index contributed by atoms with van der Waals surface area (Å²) in [4.78, 5) is 35.0. The summed E-state index contributed by atoms with van der Waals surface area (Å²) in [6, 6.07) is 9.74. The van der Waals surface area contributed by atoms with Crippen LogP contribution in [-0.2, 0) is 4.74 Å². The van der Waals surface area contributed by atoms with Crippen LogP contribution in [0.15, 0.2) is 47.6 Å². The molecule has 1 heterocycles. The lowest BCUT2D eigenvalue weighted by Crippen LogP contribution is -2.36. The zero-order valence-electron chi connectivity index (χ0n) is 15.2. The number of hydrazone groups is 1. The fraction of sp³-hybridized carbons (Fsp3) is 0.222. The second-order valence-corrected chi connectivity index (χ2v) is 6.11. The van der Waals surface area contributed by atoms with Gasteiger partial charge in [0.1, 0.15) is 5.69 Å². The third kappa shape index (κ3) is 4.90. The van der Waals surface area contributed by atoms with Crippen LogP contribution in [0.1, 0.15) is 15.9 Å². The molecule has 1 N–H and O–H groups in total. The Balaban J connectivity index is 1.69. The van der Waals surface area contributed by atoms with Crippen LogP contribution in [-0.4, -0.2) is 48.3 Å². The first-order valence-corrected chi connectivity index (χ1v) is 8.64.